The van der Waals surface area contributed by atoms with Crippen LogP contribution in [0.5, 0.6) is 5.75 Å². The van der Waals surface area contributed by atoms with Crippen LogP contribution in [0.2, 0.25) is 5.02 Å². The Morgan fingerprint density at radius 3 is 2.56 bits per heavy atom. The number of esters is 1. The molecule has 214 valence electrons. The molecule has 0 saturated heterocycles. The number of carbonyl (C=O) groups excluding carboxylic acids is 1. The second-order valence-electron chi connectivity index (χ2n) is 10.2. The van der Waals surface area contributed by atoms with E-state index in [4.69, 9.17) is 26.1 Å². The summed E-state index contributed by atoms with van der Waals surface area (Å²) in [6.45, 7) is 7.10. The summed E-state index contributed by atoms with van der Waals surface area (Å²) in [5.74, 6) is 1.90. The summed E-state index contributed by atoms with van der Waals surface area (Å²) in [6, 6.07) is 16.9. The number of aliphatic imine (C=N–C) groups is 1. The first-order valence-corrected chi connectivity index (χ1v) is 15.4. The number of aromatic nitrogens is 3. The summed E-state index contributed by atoms with van der Waals surface area (Å²) in [5.41, 5.74) is 3.03. The SMILES string of the molecule is CCCCCCCCOc1ccc(C(=O)OC(C)c2cc3c(s2)-n2c(C)nnc2CN=C3c2ccccc2Cl)cc1. The fraction of sp³-hybridized carbons (Fsp3) is 0.375. The maximum absolute atomic E-state index is 13.0. The van der Waals surface area contributed by atoms with E-state index < -0.39 is 6.10 Å². The fourth-order valence-electron chi connectivity index (χ4n) is 4.87. The number of halogens is 1. The Morgan fingerprint density at radius 1 is 1.02 bits per heavy atom. The van der Waals surface area contributed by atoms with Gasteiger partial charge < -0.3 is 9.47 Å². The van der Waals surface area contributed by atoms with Crippen molar-refractivity contribution in [1.82, 2.24) is 14.8 Å². The van der Waals surface area contributed by atoms with E-state index in [1.807, 2.05) is 60.9 Å². The van der Waals surface area contributed by atoms with Crippen molar-refractivity contribution in [2.45, 2.75) is 71.9 Å². The molecular weight excluding hydrogens is 556 g/mol. The van der Waals surface area contributed by atoms with Crippen molar-refractivity contribution in [3.8, 4) is 10.8 Å². The average Bonchev–Trinajstić information content (AvgIpc) is 3.53. The second-order valence-corrected chi connectivity index (χ2v) is 11.7. The van der Waals surface area contributed by atoms with Gasteiger partial charge >= 0.3 is 5.97 Å². The van der Waals surface area contributed by atoms with Crippen molar-refractivity contribution < 1.29 is 14.3 Å². The number of carbonyl (C=O) groups is 1. The predicted molar refractivity (Wildman–Crippen MR) is 164 cm³/mol. The first-order chi connectivity index (χ1) is 20.0. The van der Waals surface area contributed by atoms with Crippen molar-refractivity contribution in [3.05, 3.63) is 92.8 Å². The summed E-state index contributed by atoms with van der Waals surface area (Å²) in [7, 11) is 0. The third-order valence-electron chi connectivity index (χ3n) is 7.13. The third kappa shape index (κ3) is 6.71. The Morgan fingerprint density at radius 2 is 1.78 bits per heavy atom. The maximum Gasteiger partial charge on any atom is 0.338 e. The topological polar surface area (TPSA) is 78.6 Å². The molecular formula is C32H35ClN4O3S. The van der Waals surface area contributed by atoms with Crippen molar-refractivity contribution in [2.24, 2.45) is 4.99 Å². The van der Waals surface area contributed by atoms with Gasteiger partial charge in [0, 0.05) is 21.0 Å². The lowest BCUT2D eigenvalue weighted by molar-refractivity contribution is 0.0345. The van der Waals surface area contributed by atoms with E-state index >= 15 is 0 Å². The summed E-state index contributed by atoms with van der Waals surface area (Å²) in [5, 5.41) is 10.2. The number of hydrogen-bond donors (Lipinski definition) is 0. The van der Waals surface area contributed by atoms with Gasteiger partial charge in [0.2, 0.25) is 0 Å². The van der Waals surface area contributed by atoms with Crippen LogP contribution in [0.15, 0.2) is 59.6 Å². The van der Waals surface area contributed by atoms with E-state index in [9.17, 15) is 4.79 Å². The third-order valence-corrected chi connectivity index (χ3v) is 8.74. The first-order valence-electron chi connectivity index (χ1n) is 14.2. The van der Waals surface area contributed by atoms with Crippen molar-refractivity contribution in [3.63, 3.8) is 0 Å². The first kappa shape index (κ1) is 29.0. The number of fused-ring (bicyclic) bond motifs is 3. The number of nitrogens with zero attached hydrogens (tertiary/aromatic N) is 4. The Balaban J connectivity index is 1.28. The van der Waals surface area contributed by atoms with E-state index in [1.165, 1.54) is 32.1 Å². The van der Waals surface area contributed by atoms with Crippen molar-refractivity contribution in [1.29, 1.82) is 0 Å². The fourth-order valence-corrected chi connectivity index (χ4v) is 6.31. The minimum Gasteiger partial charge on any atom is -0.494 e. The number of hydrogen-bond acceptors (Lipinski definition) is 7. The normalized spacial score (nSPS) is 13.1. The van der Waals surface area contributed by atoms with Crippen molar-refractivity contribution >= 4 is 34.6 Å². The maximum atomic E-state index is 13.0. The van der Waals surface area contributed by atoms with Crippen LogP contribution >= 0.6 is 22.9 Å². The van der Waals surface area contributed by atoms with Crippen LogP contribution in [0.1, 0.15) is 96.5 Å². The molecule has 0 amide bonds. The minimum atomic E-state index is -0.476. The molecule has 0 spiro atoms. The van der Waals surface area contributed by atoms with Crippen LogP contribution in [0, 0.1) is 6.92 Å². The smallest absolute Gasteiger partial charge is 0.338 e. The number of thiophene rings is 1. The molecule has 1 atom stereocenters. The van der Waals surface area contributed by atoms with Gasteiger partial charge in [-0.05, 0) is 56.7 Å². The van der Waals surface area contributed by atoms with Crippen LogP contribution in [-0.4, -0.2) is 33.1 Å². The zero-order chi connectivity index (χ0) is 28.8. The molecule has 41 heavy (non-hydrogen) atoms. The van der Waals surface area contributed by atoms with E-state index in [2.05, 4.69) is 17.1 Å². The molecule has 3 heterocycles. The van der Waals surface area contributed by atoms with Crippen LogP contribution in [0.25, 0.3) is 5.00 Å². The molecule has 4 aromatic rings. The summed E-state index contributed by atoms with van der Waals surface area (Å²) in [4.78, 5) is 18.8. The van der Waals surface area contributed by atoms with Gasteiger partial charge in [-0.2, -0.15) is 0 Å². The lowest BCUT2D eigenvalue weighted by Crippen LogP contribution is -2.09. The molecule has 2 aromatic carbocycles. The zero-order valence-electron chi connectivity index (χ0n) is 23.7. The zero-order valence-corrected chi connectivity index (χ0v) is 25.3. The lowest BCUT2D eigenvalue weighted by Gasteiger charge is -2.12. The molecule has 1 aliphatic heterocycles. The highest BCUT2D eigenvalue weighted by Gasteiger charge is 2.27. The lowest BCUT2D eigenvalue weighted by atomic mass is 10.0. The van der Waals surface area contributed by atoms with Gasteiger partial charge in [-0.25, -0.2) is 4.79 Å². The molecule has 2 aromatic heterocycles. The van der Waals surface area contributed by atoms with Gasteiger partial charge in [0.1, 0.15) is 29.2 Å². The Labute approximate surface area is 250 Å². The van der Waals surface area contributed by atoms with Crippen LogP contribution in [0.4, 0.5) is 0 Å². The Kier molecular flexibility index (Phi) is 9.52. The molecule has 7 nitrogen and oxygen atoms in total. The highest BCUT2D eigenvalue weighted by Crippen LogP contribution is 2.37. The van der Waals surface area contributed by atoms with Gasteiger partial charge in [-0.1, -0.05) is 68.8 Å². The number of aryl methyl sites for hydroxylation is 1. The highest BCUT2D eigenvalue weighted by molar-refractivity contribution is 7.15. The summed E-state index contributed by atoms with van der Waals surface area (Å²) < 4.78 is 13.8. The summed E-state index contributed by atoms with van der Waals surface area (Å²) in [6.07, 6.45) is 6.83. The number of benzene rings is 2. The second kappa shape index (κ2) is 13.4. The molecule has 0 aliphatic carbocycles. The van der Waals surface area contributed by atoms with E-state index in [0.29, 0.717) is 23.7 Å². The van der Waals surface area contributed by atoms with Gasteiger partial charge in [-0.15, -0.1) is 21.5 Å². The van der Waals surface area contributed by atoms with E-state index in [-0.39, 0.29) is 5.97 Å². The number of ether oxygens (including phenoxy) is 2. The molecule has 9 heteroatoms. The Bertz CT molecular complexity index is 1530. The van der Waals surface area contributed by atoms with Crippen LogP contribution in [0.3, 0.4) is 0 Å². The van der Waals surface area contributed by atoms with Crippen molar-refractivity contribution in [2.75, 3.05) is 6.61 Å². The highest BCUT2D eigenvalue weighted by atomic mass is 35.5. The molecule has 1 aliphatic rings. The molecule has 0 fully saturated rings. The standard InChI is InChI=1S/C32H35ClN4O3S/c1-4-5-6-7-8-11-18-39-24-16-14-23(15-17-24)32(38)40-21(2)28-19-26-30(25-12-9-10-13-27(25)33)34-20-29-36-35-22(3)37(29)31(26)41-28/h9-10,12-17,19,21H,4-8,11,18,20H2,1-3H3. The molecule has 0 N–H and O–H groups in total. The van der Waals surface area contributed by atoms with Gasteiger partial charge in [0.25, 0.3) is 0 Å². The quantitative estimate of drug-likeness (QED) is 0.122. The molecule has 1 unspecified atom stereocenters. The average molecular weight is 591 g/mol. The molecule has 0 saturated carbocycles. The number of unbranched alkanes of at least 4 members (excludes halogenated alkanes) is 5. The Hall–Kier alpha value is -3.49. The van der Waals surface area contributed by atoms with Gasteiger partial charge in [-0.3, -0.25) is 9.56 Å². The molecule has 5 rings (SSSR count). The van der Waals surface area contributed by atoms with E-state index in [0.717, 1.165) is 50.5 Å². The molecule has 0 radical (unpaired) electrons. The van der Waals surface area contributed by atoms with Crippen LogP contribution < -0.4 is 4.74 Å². The minimum absolute atomic E-state index is 0.385. The molecule has 0 bridgehead atoms. The van der Waals surface area contributed by atoms with Gasteiger partial charge in [0.15, 0.2) is 5.82 Å². The largest absolute Gasteiger partial charge is 0.494 e. The predicted octanol–water partition coefficient (Wildman–Crippen LogP) is 8.30. The van der Waals surface area contributed by atoms with Crippen LogP contribution in [-0.2, 0) is 11.3 Å². The van der Waals surface area contributed by atoms with E-state index in [1.54, 1.807) is 23.5 Å². The monoisotopic (exact) mass is 590 g/mol. The summed E-state index contributed by atoms with van der Waals surface area (Å²) >= 11 is 8.12. The number of rotatable bonds is 12. The van der Waals surface area contributed by atoms with Gasteiger partial charge in [0.05, 0.1) is 17.9 Å².